The molecule has 1 amide bonds. The van der Waals surface area contributed by atoms with Crippen LogP contribution in [0.1, 0.15) is 41.0 Å². The summed E-state index contributed by atoms with van der Waals surface area (Å²) < 4.78 is 11.2. The maximum Gasteiger partial charge on any atom is 0.410 e. The molecule has 156 valence electrons. The first-order valence-electron chi connectivity index (χ1n) is 10.0. The highest BCUT2D eigenvalue weighted by Crippen LogP contribution is 2.12. The number of carbonyl (C=O) groups excluding carboxylic acids is 1. The molecule has 2 fully saturated rings. The number of hydrogen-bond acceptors (Lipinski definition) is 5. The van der Waals surface area contributed by atoms with Crippen LogP contribution in [-0.4, -0.2) is 96.9 Å². The summed E-state index contributed by atoms with van der Waals surface area (Å²) in [4.78, 5) is 22.8. The van der Waals surface area contributed by atoms with Crippen LogP contribution in [0.5, 0.6) is 0 Å². The van der Waals surface area contributed by atoms with Crippen LogP contribution in [0.25, 0.3) is 0 Å². The Hall–Kier alpha value is -1.54. The van der Waals surface area contributed by atoms with Crippen molar-refractivity contribution >= 4 is 12.1 Å². The Balaban J connectivity index is 1.67. The van der Waals surface area contributed by atoms with Gasteiger partial charge in [0.1, 0.15) is 5.60 Å². The van der Waals surface area contributed by atoms with Crippen molar-refractivity contribution in [1.82, 2.24) is 14.7 Å². The first kappa shape index (κ1) is 21.8. The normalized spacial score (nSPS) is 25.6. The molecule has 2 N–H and O–H groups in total. The second-order valence-corrected chi connectivity index (χ2v) is 8.56. The lowest BCUT2D eigenvalue weighted by Gasteiger charge is -2.36. The van der Waals surface area contributed by atoms with Gasteiger partial charge in [0.2, 0.25) is 0 Å². The molecular weight excluding hydrogens is 346 g/mol. The van der Waals surface area contributed by atoms with E-state index in [1.807, 2.05) is 25.7 Å². The predicted molar refractivity (Wildman–Crippen MR) is 107 cm³/mol. The number of carbonyl (C=O) groups is 1. The van der Waals surface area contributed by atoms with Crippen LogP contribution in [0, 0.1) is 0 Å². The number of hydrogen-bond donors (Lipinski definition) is 1. The molecule has 2 saturated heterocycles. The zero-order chi connectivity index (χ0) is 20.0. The fraction of sp³-hybridized carbons (Fsp3) is 0.895. The number of nitrogens with zero attached hydrogens (tertiary/aromatic N) is 4. The summed E-state index contributed by atoms with van der Waals surface area (Å²) in [5.41, 5.74) is 5.68. The van der Waals surface area contributed by atoms with Gasteiger partial charge >= 0.3 is 6.09 Å². The SMILES string of the molecule is CC1CN(CCCN=C(N)N2CCN(C(=O)OC(C)(C)C)CC2)CC(C)O1. The van der Waals surface area contributed by atoms with E-state index in [2.05, 4.69) is 23.7 Å². The Morgan fingerprint density at radius 3 is 2.22 bits per heavy atom. The van der Waals surface area contributed by atoms with Gasteiger partial charge in [0.25, 0.3) is 0 Å². The topological polar surface area (TPSA) is 83.6 Å². The third-order valence-electron chi connectivity index (χ3n) is 4.66. The molecule has 27 heavy (non-hydrogen) atoms. The van der Waals surface area contributed by atoms with E-state index in [4.69, 9.17) is 15.2 Å². The van der Waals surface area contributed by atoms with Gasteiger partial charge in [-0.3, -0.25) is 9.89 Å². The van der Waals surface area contributed by atoms with Crippen molar-refractivity contribution in [2.75, 3.05) is 52.4 Å². The van der Waals surface area contributed by atoms with Gasteiger partial charge in [-0.05, 0) is 41.0 Å². The fourth-order valence-corrected chi connectivity index (χ4v) is 3.50. The van der Waals surface area contributed by atoms with E-state index in [0.29, 0.717) is 44.3 Å². The molecule has 0 aromatic carbocycles. The van der Waals surface area contributed by atoms with E-state index >= 15 is 0 Å². The standard InChI is InChI=1S/C19H37N5O3/c1-15-13-22(14-16(2)26-15)8-6-7-21-17(20)23-9-11-24(12-10-23)18(25)27-19(3,4)5/h15-16H,6-14H2,1-5H3,(H2,20,21). The summed E-state index contributed by atoms with van der Waals surface area (Å²) in [6.07, 6.45) is 1.32. The number of morpholine rings is 1. The third-order valence-corrected chi connectivity index (χ3v) is 4.66. The number of ether oxygens (including phenoxy) is 2. The summed E-state index contributed by atoms with van der Waals surface area (Å²) in [7, 11) is 0. The van der Waals surface area contributed by atoms with Crippen molar-refractivity contribution in [3.05, 3.63) is 0 Å². The quantitative estimate of drug-likeness (QED) is 0.448. The molecule has 0 aromatic rings. The summed E-state index contributed by atoms with van der Waals surface area (Å²) >= 11 is 0. The van der Waals surface area contributed by atoms with Gasteiger partial charge in [-0.25, -0.2) is 4.79 Å². The monoisotopic (exact) mass is 383 g/mol. The van der Waals surface area contributed by atoms with Crippen molar-refractivity contribution < 1.29 is 14.3 Å². The van der Waals surface area contributed by atoms with Crippen molar-refractivity contribution in [1.29, 1.82) is 0 Å². The van der Waals surface area contributed by atoms with Crippen LogP contribution in [0.3, 0.4) is 0 Å². The molecule has 0 aliphatic carbocycles. The minimum absolute atomic E-state index is 0.258. The van der Waals surface area contributed by atoms with Crippen LogP contribution in [-0.2, 0) is 9.47 Å². The number of amides is 1. The minimum Gasteiger partial charge on any atom is -0.444 e. The van der Waals surface area contributed by atoms with Crippen LogP contribution in [0.2, 0.25) is 0 Å². The Bertz CT molecular complexity index is 502. The molecule has 0 radical (unpaired) electrons. The lowest BCUT2D eigenvalue weighted by atomic mass is 10.2. The Labute approximate surface area is 163 Å². The van der Waals surface area contributed by atoms with Gasteiger partial charge in [0.05, 0.1) is 12.2 Å². The average molecular weight is 384 g/mol. The highest BCUT2D eigenvalue weighted by molar-refractivity contribution is 5.78. The number of guanidine groups is 1. The number of rotatable bonds is 4. The van der Waals surface area contributed by atoms with Gasteiger partial charge in [0.15, 0.2) is 5.96 Å². The van der Waals surface area contributed by atoms with Gasteiger partial charge in [0, 0.05) is 52.4 Å². The van der Waals surface area contributed by atoms with Crippen molar-refractivity contribution in [3.63, 3.8) is 0 Å². The molecule has 2 heterocycles. The van der Waals surface area contributed by atoms with Crippen LogP contribution < -0.4 is 5.73 Å². The van der Waals surface area contributed by atoms with E-state index in [9.17, 15) is 4.79 Å². The van der Waals surface area contributed by atoms with Crippen molar-refractivity contribution in [3.8, 4) is 0 Å². The Kier molecular flexibility index (Phi) is 7.73. The number of nitrogens with two attached hydrogens (primary N) is 1. The van der Waals surface area contributed by atoms with Crippen molar-refractivity contribution in [2.45, 2.75) is 58.8 Å². The molecular formula is C19H37N5O3. The Morgan fingerprint density at radius 2 is 1.67 bits per heavy atom. The van der Waals surface area contributed by atoms with E-state index in [-0.39, 0.29) is 6.09 Å². The van der Waals surface area contributed by atoms with Crippen LogP contribution in [0.4, 0.5) is 4.79 Å². The van der Waals surface area contributed by atoms with Crippen LogP contribution >= 0.6 is 0 Å². The van der Waals surface area contributed by atoms with Gasteiger partial charge in [-0.2, -0.15) is 0 Å². The largest absolute Gasteiger partial charge is 0.444 e. The average Bonchev–Trinajstić information content (AvgIpc) is 2.56. The second kappa shape index (κ2) is 9.59. The smallest absolute Gasteiger partial charge is 0.410 e. The van der Waals surface area contributed by atoms with Gasteiger partial charge in [-0.1, -0.05) is 0 Å². The van der Waals surface area contributed by atoms with Gasteiger partial charge in [-0.15, -0.1) is 0 Å². The maximum absolute atomic E-state index is 12.1. The molecule has 0 spiro atoms. The predicted octanol–water partition coefficient (Wildman–Crippen LogP) is 1.35. The molecule has 0 aromatic heterocycles. The molecule has 0 saturated carbocycles. The lowest BCUT2D eigenvalue weighted by Crippen LogP contribution is -2.53. The second-order valence-electron chi connectivity index (χ2n) is 8.56. The lowest BCUT2D eigenvalue weighted by molar-refractivity contribution is -0.0679. The highest BCUT2D eigenvalue weighted by Gasteiger charge is 2.26. The van der Waals surface area contributed by atoms with Crippen LogP contribution in [0.15, 0.2) is 4.99 Å². The third kappa shape index (κ3) is 7.54. The summed E-state index contributed by atoms with van der Waals surface area (Å²) in [5, 5.41) is 0. The molecule has 0 bridgehead atoms. The van der Waals surface area contributed by atoms with E-state index in [0.717, 1.165) is 32.6 Å². The number of piperazine rings is 1. The highest BCUT2D eigenvalue weighted by atomic mass is 16.6. The molecule has 2 unspecified atom stereocenters. The van der Waals surface area contributed by atoms with E-state index in [1.54, 1.807) is 4.90 Å². The molecule has 2 atom stereocenters. The maximum atomic E-state index is 12.1. The minimum atomic E-state index is -0.467. The van der Waals surface area contributed by atoms with E-state index < -0.39 is 5.60 Å². The summed E-state index contributed by atoms with van der Waals surface area (Å²) in [6.45, 7) is 16.2. The number of aliphatic imine (C=N–C) groups is 1. The molecule has 2 aliphatic heterocycles. The summed E-state index contributed by atoms with van der Waals surface area (Å²) in [5.74, 6) is 0.572. The van der Waals surface area contributed by atoms with Gasteiger partial charge < -0.3 is 25.0 Å². The zero-order valence-corrected chi connectivity index (χ0v) is 17.6. The summed E-state index contributed by atoms with van der Waals surface area (Å²) in [6, 6.07) is 0. The first-order chi connectivity index (χ1) is 12.6. The molecule has 8 nitrogen and oxygen atoms in total. The Morgan fingerprint density at radius 1 is 1.11 bits per heavy atom. The molecule has 2 rings (SSSR count). The molecule has 2 aliphatic rings. The van der Waals surface area contributed by atoms with Crippen molar-refractivity contribution in [2.24, 2.45) is 10.7 Å². The first-order valence-corrected chi connectivity index (χ1v) is 10.0. The van der Waals surface area contributed by atoms with E-state index in [1.165, 1.54) is 0 Å². The fourth-order valence-electron chi connectivity index (χ4n) is 3.50. The zero-order valence-electron chi connectivity index (χ0n) is 17.6. The molecule has 8 heteroatoms.